The average molecular weight is 261 g/mol. The van der Waals surface area contributed by atoms with E-state index in [2.05, 4.69) is 20.3 Å². The number of hydrogen-bond donors (Lipinski definition) is 1. The van der Waals surface area contributed by atoms with Crippen molar-refractivity contribution < 1.29 is 14.3 Å². The smallest absolute Gasteiger partial charge is 0.316 e. The highest BCUT2D eigenvalue weighted by atomic mass is 32.2. The summed E-state index contributed by atoms with van der Waals surface area (Å²) >= 11 is 2.46. The SMILES string of the molecule is CCC(=O)Nc1nnc(SCC(=O)OC)s1. The highest BCUT2D eigenvalue weighted by Crippen LogP contribution is 2.25. The predicted molar refractivity (Wildman–Crippen MR) is 61.6 cm³/mol. The van der Waals surface area contributed by atoms with Crippen molar-refractivity contribution >= 4 is 40.1 Å². The van der Waals surface area contributed by atoms with Crippen LogP contribution in [0, 0.1) is 0 Å². The van der Waals surface area contributed by atoms with Crippen LogP contribution in [0.2, 0.25) is 0 Å². The highest BCUT2D eigenvalue weighted by Gasteiger charge is 2.09. The number of ether oxygens (including phenoxy) is 1. The van der Waals surface area contributed by atoms with Gasteiger partial charge >= 0.3 is 5.97 Å². The molecule has 1 rings (SSSR count). The summed E-state index contributed by atoms with van der Waals surface area (Å²) in [6.07, 6.45) is 0.393. The van der Waals surface area contributed by atoms with Gasteiger partial charge < -0.3 is 10.1 Å². The third kappa shape index (κ3) is 4.15. The summed E-state index contributed by atoms with van der Waals surface area (Å²) in [5, 5.41) is 10.6. The van der Waals surface area contributed by atoms with E-state index in [0.717, 1.165) is 0 Å². The minimum Gasteiger partial charge on any atom is -0.468 e. The lowest BCUT2D eigenvalue weighted by molar-refractivity contribution is -0.137. The maximum atomic E-state index is 11.0. The summed E-state index contributed by atoms with van der Waals surface area (Å²) in [6.45, 7) is 1.75. The van der Waals surface area contributed by atoms with Gasteiger partial charge in [0.15, 0.2) is 4.34 Å². The third-order valence-corrected chi connectivity index (χ3v) is 3.46. The van der Waals surface area contributed by atoms with Crippen molar-refractivity contribution in [3.8, 4) is 0 Å². The van der Waals surface area contributed by atoms with Gasteiger partial charge in [-0.15, -0.1) is 10.2 Å². The topological polar surface area (TPSA) is 81.2 Å². The molecule has 0 saturated heterocycles. The van der Waals surface area contributed by atoms with E-state index in [4.69, 9.17) is 0 Å². The molecule has 0 aromatic carbocycles. The normalized spacial score (nSPS) is 9.88. The number of rotatable bonds is 5. The van der Waals surface area contributed by atoms with Crippen LogP contribution in [-0.2, 0) is 14.3 Å². The van der Waals surface area contributed by atoms with E-state index in [1.807, 2.05) is 0 Å². The molecule has 0 bridgehead atoms. The number of hydrogen-bond acceptors (Lipinski definition) is 7. The Morgan fingerprint density at radius 3 is 2.88 bits per heavy atom. The molecule has 0 radical (unpaired) electrons. The molecule has 0 fully saturated rings. The molecular formula is C8H11N3O3S2. The molecule has 6 nitrogen and oxygen atoms in total. The standard InChI is InChI=1S/C8H11N3O3S2/c1-3-5(12)9-7-10-11-8(16-7)15-4-6(13)14-2/h3-4H2,1-2H3,(H,9,10,12). The molecule has 1 heterocycles. The van der Waals surface area contributed by atoms with Gasteiger partial charge in [0, 0.05) is 6.42 Å². The van der Waals surface area contributed by atoms with E-state index in [1.165, 1.54) is 30.2 Å². The largest absolute Gasteiger partial charge is 0.468 e. The van der Waals surface area contributed by atoms with Gasteiger partial charge in [-0.1, -0.05) is 30.0 Å². The number of carbonyl (C=O) groups excluding carboxylic acids is 2. The van der Waals surface area contributed by atoms with E-state index >= 15 is 0 Å². The number of amides is 1. The van der Waals surface area contributed by atoms with E-state index in [-0.39, 0.29) is 17.6 Å². The number of aromatic nitrogens is 2. The number of nitrogens with zero attached hydrogens (tertiary/aromatic N) is 2. The van der Waals surface area contributed by atoms with E-state index in [0.29, 0.717) is 15.9 Å². The van der Waals surface area contributed by atoms with Crippen molar-refractivity contribution in [1.29, 1.82) is 0 Å². The molecule has 16 heavy (non-hydrogen) atoms. The maximum absolute atomic E-state index is 11.0. The molecule has 1 amide bonds. The van der Waals surface area contributed by atoms with Crippen LogP contribution in [0.25, 0.3) is 0 Å². The van der Waals surface area contributed by atoms with Crippen LogP contribution in [0.3, 0.4) is 0 Å². The quantitative estimate of drug-likeness (QED) is 0.486. The minimum absolute atomic E-state index is 0.110. The molecular weight excluding hydrogens is 250 g/mol. The van der Waals surface area contributed by atoms with Crippen LogP contribution in [0.4, 0.5) is 5.13 Å². The first kappa shape index (κ1) is 12.9. The van der Waals surface area contributed by atoms with Crippen molar-refractivity contribution in [2.45, 2.75) is 17.7 Å². The molecule has 88 valence electrons. The van der Waals surface area contributed by atoms with Gasteiger partial charge in [-0.05, 0) is 0 Å². The van der Waals surface area contributed by atoms with Crippen molar-refractivity contribution in [3.05, 3.63) is 0 Å². The predicted octanol–water partition coefficient (Wildman–Crippen LogP) is 1.15. The number of nitrogens with one attached hydrogen (secondary N) is 1. The van der Waals surface area contributed by atoms with Crippen LogP contribution in [0.15, 0.2) is 4.34 Å². The molecule has 1 aromatic rings. The van der Waals surface area contributed by atoms with Gasteiger partial charge in [-0.3, -0.25) is 9.59 Å². The summed E-state index contributed by atoms with van der Waals surface area (Å²) in [6, 6.07) is 0. The van der Waals surface area contributed by atoms with E-state index in [1.54, 1.807) is 6.92 Å². The van der Waals surface area contributed by atoms with E-state index in [9.17, 15) is 9.59 Å². The molecule has 0 aliphatic heterocycles. The van der Waals surface area contributed by atoms with Gasteiger partial charge in [0.05, 0.1) is 12.9 Å². The maximum Gasteiger partial charge on any atom is 0.316 e. The summed E-state index contributed by atoms with van der Waals surface area (Å²) in [5.41, 5.74) is 0. The van der Waals surface area contributed by atoms with Crippen LogP contribution < -0.4 is 5.32 Å². The van der Waals surface area contributed by atoms with Gasteiger partial charge in [0.1, 0.15) is 0 Å². The van der Waals surface area contributed by atoms with Crippen molar-refractivity contribution in [3.63, 3.8) is 0 Å². The van der Waals surface area contributed by atoms with Crippen LogP contribution in [0.1, 0.15) is 13.3 Å². The Bertz CT molecular complexity index is 380. The zero-order valence-corrected chi connectivity index (χ0v) is 10.5. The molecule has 1 aromatic heterocycles. The number of methoxy groups -OCH3 is 1. The number of esters is 1. The second-order valence-electron chi connectivity index (χ2n) is 2.64. The second-order valence-corrected chi connectivity index (χ2v) is 4.84. The molecule has 8 heteroatoms. The Morgan fingerprint density at radius 2 is 2.25 bits per heavy atom. The van der Waals surface area contributed by atoms with Crippen molar-refractivity contribution in [2.24, 2.45) is 0 Å². The summed E-state index contributed by atoms with van der Waals surface area (Å²) in [4.78, 5) is 21.9. The Kier molecular flexibility index (Phi) is 5.20. The summed E-state index contributed by atoms with van der Waals surface area (Å²) < 4.78 is 5.11. The van der Waals surface area contributed by atoms with Crippen LogP contribution in [-0.4, -0.2) is 34.9 Å². The van der Waals surface area contributed by atoms with Crippen molar-refractivity contribution in [1.82, 2.24) is 10.2 Å². The molecule has 1 N–H and O–H groups in total. The molecule has 0 aliphatic rings. The van der Waals surface area contributed by atoms with Gasteiger partial charge in [-0.2, -0.15) is 0 Å². The number of thioether (sulfide) groups is 1. The fraction of sp³-hybridized carbons (Fsp3) is 0.500. The molecule has 0 unspecified atom stereocenters. The van der Waals surface area contributed by atoms with Gasteiger partial charge in [-0.25, -0.2) is 0 Å². The van der Waals surface area contributed by atoms with Crippen molar-refractivity contribution in [2.75, 3.05) is 18.2 Å². The Balaban J connectivity index is 2.45. The van der Waals surface area contributed by atoms with Gasteiger partial charge in [0.25, 0.3) is 0 Å². The third-order valence-electron chi connectivity index (χ3n) is 1.52. The lowest BCUT2D eigenvalue weighted by Crippen LogP contribution is -2.08. The van der Waals surface area contributed by atoms with Crippen LogP contribution in [0.5, 0.6) is 0 Å². The lowest BCUT2D eigenvalue weighted by Gasteiger charge is -1.95. The first-order valence-electron chi connectivity index (χ1n) is 4.48. The molecule has 0 saturated carbocycles. The van der Waals surface area contributed by atoms with E-state index < -0.39 is 0 Å². The molecule has 0 atom stereocenters. The molecule has 0 spiro atoms. The highest BCUT2D eigenvalue weighted by molar-refractivity contribution is 8.01. The molecule has 0 aliphatic carbocycles. The lowest BCUT2D eigenvalue weighted by atomic mass is 10.5. The van der Waals surface area contributed by atoms with Gasteiger partial charge in [0.2, 0.25) is 11.0 Å². The fourth-order valence-electron chi connectivity index (χ4n) is 0.706. The average Bonchev–Trinajstić information content (AvgIpc) is 2.73. The Morgan fingerprint density at radius 1 is 1.50 bits per heavy atom. The number of anilines is 1. The van der Waals surface area contributed by atoms with Crippen LogP contribution >= 0.6 is 23.1 Å². The zero-order chi connectivity index (χ0) is 12.0. The Labute approximate surface area is 101 Å². The minimum atomic E-state index is -0.320. The second kappa shape index (κ2) is 6.44. The first-order valence-corrected chi connectivity index (χ1v) is 6.29. The summed E-state index contributed by atoms with van der Waals surface area (Å²) in [5.74, 6) is -0.243. The first-order chi connectivity index (χ1) is 7.65. The number of carbonyl (C=O) groups is 2. The summed E-state index contributed by atoms with van der Waals surface area (Å²) in [7, 11) is 1.33. The monoisotopic (exact) mass is 261 g/mol. The fourth-order valence-corrected chi connectivity index (χ4v) is 2.31. The zero-order valence-electron chi connectivity index (χ0n) is 8.85. The Hall–Kier alpha value is -1.15.